The molecule has 0 fully saturated rings. The van der Waals surface area contributed by atoms with Gasteiger partial charge >= 0.3 is 0 Å². The van der Waals surface area contributed by atoms with E-state index in [9.17, 15) is 0 Å². The Kier molecular flexibility index (Phi) is 2.92. The molecule has 1 heterocycles. The van der Waals surface area contributed by atoms with Gasteiger partial charge in [-0.1, -0.05) is 36.4 Å². The van der Waals surface area contributed by atoms with Crippen LogP contribution in [0.1, 0.15) is 29.2 Å². The van der Waals surface area contributed by atoms with E-state index in [-0.39, 0.29) is 6.04 Å². The molecule has 0 amide bonds. The molecule has 3 nitrogen and oxygen atoms in total. The molecule has 0 saturated carbocycles. The summed E-state index contributed by atoms with van der Waals surface area (Å²) >= 11 is 0. The highest BCUT2D eigenvalue weighted by atomic mass is 16.5. The molecule has 1 aliphatic carbocycles. The monoisotopic (exact) mass is 278 g/mol. The van der Waals surface area contributed by atoms with Crippen LogP contribution in [0.25, 0.3) is 0 Å². The predicted molar refractivity (Wildman–Crippen MR) is 83.7 cm³/mol. The molecule has 2 aromatic carbocycles. The Morgan fingerprint density at radius 1 is 1.10 bits per heavy atom. The third-order valence-corrected chi connectivity index (χ3v) is 4.57. The van der Waals surface area contributed by atoms with Gasteiger partial charge in [-0.15, -0.1) is 0 Å². The SMILES string of the molecule is COc1ccc(C2NN=C3c4ccccc4CCC32)cc1. The van der Waals surface area contributed by atoms with Crippen molar-refractivity contribution in [1.29, 1.82) is 0 Å². The number of nitrogens with zero attached hydrogens (tertiary/aromatic N) is 1. The molecule has 21 heavy (non-hydrogen) atoms. The fourth-order valence-corrected chi connectivity index (χ4v) is 3.45. The highest BCUT2D eigenvalue weighted by molar-refractivity contribution is 6.05. The summed E-state index contributed by atoms with van der Waals surface area (Å²) in [7, 11) is 1.70. The molecule has 106 valence electrons. The van der Waals surface area contributed by atoms with E-state index in [0.717, 1.165) is 18.6 Å². The first-order valence-electron chi connectivity index (χ1n) is 7.42. The number of methoxy groups -OCH3 is 1. The van der Waals surface area contributed by atoms with Crippen LogP contribution in [0.2, 0.25) is 0 Å². The van der Waals surface area contributed by atoms with Gasteiger partial charge in [-0.25, -0.2) is 0 Å². The van der Waals surface area contributed by atoms with Gasteiger partial charge in [-0.05, 0) is 36.1 Å². The average Bonchev–Trinajstić information content (AvgIpc) is 2.99. The minimum absolute atomic E-state index is 0.277. The minimum atomic E-state index is 0.277. The van der Waals surface area contributed by atoms with Gasteiger partial charge in [0.1, 0.15) is 5.75 Å². The summed E-state index contributed by atoms with van der Waals surface area (Å²) in [5, 5.41) is 4.63. The quantitative estimate of drug-likeness (QED) is 0.914. The smallest absolute Gasteiger partial charge is 0.118 e. The largest absolute Gasteiger partial charge is 0.497 e. The number of hydrogen-bond donors (Lipinski definition) is 1. The number of fused-ring (bicyclic) bond motifs is 3. The van der Waals surface area contributed by atoms with E-state index < -0.39 is 0 Å². The number of aryl methyl sites for hydroxylation is 1. The molecule has 2 aromatic rings. The van der Waals surface area contributed by atoms with E-state index in [2.05, 4.69) is 46.9 Å². The molecule has 0 radical (unpaired) electrons. The van der Waals surface area contributed by atoms with Crippen LogP contribution in [0.5, 0.6) is 5.75 Å². The molecule has 2 atom stereocenters. The predicted octanol–water partition coefficient (Wildman–Crippen LogP) is 3.31. The Bertz CT molecular complexity index is 691. The molecule has 0 bridgehead atoms. The third-order valence-electron chi connectivity index (χ3n) is 4.57. The number of rotatable bonds is 2. The van der Waals surface area contributed by atoms with Crippen LogP contribution < -0.4 is 10.2 Å². The van der Waals surface area contributed by atoms with Crippen molar-refractivity contribution < 1.29 is 4.74 Å². The second-order valence-corrected chi connectivity index (χ2v) is 5.68. The van der Waals surface area contributed by atoms with Gasteiger partial charge in [0.05, 0.1) is 18.9 Å². The Labute approximate surface area is 124 Å². The summed E-state index contributed by atoms with van der Waals surface area (Å²) in [6.07, 6.45) is 2.29. The summed E-state index contributed by atoms with van der Waals surface area (Å²) in [5.41, 5.74) is 8.58. The normalized spacial score (nSPS) is 22.8. The van der Waals surface area contributed by atoms with Gasteiger partial charge < -0.3 is 10.2 Å². The van der Waals surface area contributed by atoms with Crippen LogP contribution in [0.15, 0.2) is 53.6 Å². The van der Waals surface area contributed by atoms with Crippen LogP contribution in [0, 0.1) is 5.92 Å². The van der Waals surface area contributed by atoms with Crippen molar-refractivity contribution in [1.82, 2.24) is 5.43 Å². The van der Waals surface area contributed by atoms with Gasteiger partial charge in [0.2, 0.25) is 0 Å². The minimum Gasteiger partial charge on any atom is -0.497 e. The van der Waals surface area contributed by atoms with Crippen molar-refractivity contribution in [3.8, 4) is 5.75 Å². The maximum absolute atomic E-state index is 5.24. The summed E-state index contributed by atoms with van der Waals surface area (Å²) in [6.45, 7) is 0. The molecule has 1 aliphatic heterocycles. The first-order valence-corrected chi connectivity index (χ1v) is 7.42. The second-order valence-electron chi connectivity index (χ2n) is 5.68. The van der Waals surface area contributed by atoms with Crippen molar-refractivity contribution in [2.24, 2.45) is 11.0 Å². The van der Waals surface area contributed by atoms with Gasteiger partial charge in [-0.3, -0.25) is 0 Å². The van der Waals surface area contributed by atoms with Crippen molar-refractivity contribution in [2.45, 2.75) is 18.9 Å². The van der Waals surface area contributed by atoms with Crippen molar-refractivity contribution >= 4 is 5.71 Å². The summed E-state index contributed by atoms with van der Waals surface area (Å²) < 4.78 is 5.24. The summed E-state index contributed by atoms with van der Waals surface area (Å²) in [5.74, 6) is 1.36. The highest BCUT2D eigenvalue weighted by Gasteiger charge is 2.36. The van der Waals surface area contributed by atoms with E-state index in [0.29, 0.717) is 5.92 Å². The molecule has 0 spiro atoms. The molecule has 4 rings (SSSR count). The van der Waals surface area contributed by atoms with E-state index in [4.69, 9.17) is 4.74 Å². The Balaban J connectivity index is 1.65. The van der Waals surface area contributed by atoms with Crippen molar-refractivity contribution in [3.05, 3.63) is 65.2 Å². The first-order chi connectivity index (χ1) is 10.4. The number of hydrazone groups is 1. The van der Waals surface area contributed by atoms with Gasteiger partial charge in [0.15, 0.2) is 0 Å². The first kappa shape index (κ1) is 12.5. The lowest BCUT2D eigenvalue weighted by Gasteiger charge is -2.26. The Hall–Kier alpha value is -2.29. The fourth-order valence-electron chi connectivity index (χ4n) is 3.45. The summed E-state index contributed by atoms with van der Waals surface area (Å²) in [6, 6.07) is 17.2. The van der Waals surface area contributed by atoms with E-state index in [1.807, 2.05) is 12.1 Å². The van der Waals surface area contributed by atoms with Gasteiger partial charge in [0.25, 0.3) is 0 Å². The third kappa shape index (κ3) is 2.00. The van der Waals surface area contributed by atoms with Gasteiger partial charge in [0, 0.05) is 11.5 Å². The lowest BCUT2D eigenvalue weighted by molar-refractivity contribution is 0.413. The van der Waals surface area contributed by atoms with Crippen LogP contribution in [0.4, 0.5) is 0 Å². The van der Waals surface area contributed by atoms with Crippen molar-refractivity contribution in [2.75, 3.05) is 7.11 Å². The lowest BCUT2D eigenvalue weighted by atomic mass is 9.77. The zero-order valence-corrected chi connectivity index (χ0v) is 12.0. The number of ether oxygens (including phenoxy) is 1. The van der Waals surface area contributed by atoms with E-state index in [1.54, 1.807) is 7.11 Å². The van der Waals surface area contributed by atoms with E-state index >= 15 is 0 Å². The Morgan fingerprint density at radius 3 is 2.71 bits per heavy atom. The molecule has 3 heteroatoms. The average molecular weight is 278 g/mol. The maximum Gasteiger partial charge on any atom is 0.118 e. The summed E-state index contributed by atoms with van der Waals surface area (Å²) in [4.78, 5) is 0. The van der Waals surface area contributed by atoms with Crippen LogP contribution in [-0.4, -0.2) is 12.8 Å². The second kappa shape index (κ2) is 4.92. The molecule has 0 saturated heterocycles. The van der Waals surface area contributed by atoms with E-state index in [1.165, 1.54) is 22.4 Å². The van der Waals surface area contributed by atoms with Crippen LogP contribution in [-0.2, 0) is 6.42 Å². The standard InChI is InChI=1S/C18H18N2O/c1-21-14-9-6-13(7-10-14)17-16-11-8-12-4-2-3-5-15(12)18(16)20-19-17/h2-7,9-10,16-17,19H,8,11H2,1H3. The molecular weight excluding hydrogens is 260 g/mol. The van der Waals surface area contributed by atoms with Gasteiger partial charge in [-0.2, -0.15) is 5.10 Å². The molecule has 0 aromatic heterocycles. The number of benzene rings is 2. The molecule has 2 unspecified atom stereocenters. The topological polar surface area (TPSA) is 33.6 Å². The van der Waals surface area contributed by atoms with Crippen LogP contribution in [0.3, 0.4) is 0 Å². The fraction of sp³-hybridized carbons (Fsp3) is 0.278. The van der Waals surface area contributed by atoms with Crippen molar-refractivity contribution in [3.63, 3.8) is 0 Å². The number of nitrogens with one attached hydrogen (secondary N) is 1. The van der Waals surface area contributed by atoms with Crippen LogP contribution >= 0.6 is 0 Å². The lowest BCUT2D eigenvalue weighted by Crippen LogP contribution is -2.26. The number of hydrogen-bond acceptors (Lipinski definition) is 3. The molecule has 2 aliphatic rings. The molecule has 1 N–H and O–H groups in total. The Morgan fingerprint density at radius 2 is 1.90 bits per heavy atom. The zero-order valence-electron chi connectivity index (χ0n) is 12.0. The molecular formula is C18H18N2O. The highest BCUT2D eigenvalue weighted by Crippen LogP contribution is 2.38. The zero-order chi connectivity index (χ0) is 14.2. The maximum atomic E-state index is 5.24.